The minimum Gasteiger partial charge on any atom is -0.0616 e. The van der Waals surface area contributed by atoms with Crippen molar-refractivity contribution in [3.8, 4) is 55.6 Å². The van der Waals surface area contributed by atoms with Gasteiger partial charge in [0.1, 0.15) is 0 Å². The lowest BCUT2D eigenvalue weighted by atomic mass is 9.81. The molecule has 0 nitrogen and oxygen atoms in total. The zero-order valence-electron chi connectivity index (χ0n) is 27.0. The second kappa shape index (κ2) is 10.5. The highest BCUT2D eigenvalue weighted by Crippen LogP contribution is 2.59. The van der Waals surface area contributed by atoms with Crippen molar-refractivity contribution in [2.45, 2.75) is 27.7 Å². The van der Waals surface area contributed by atoms with E-state index < -0.39 is 0 Å². The van der Waals surface area contributed by atoms with E-state index >= 15 is 0 Å². The molecule has 0 fully saturated rings. The molecule has 9 rings (SSSR count). The van der Waals surface area contributed by atoms with Gasteiger partial charge in [0.05, 0.1) is 0 Å². The van der Waals surface area contributed by atoms with Crippen LogP contribution in [0.25, 0.3) is 88.0 Å². The summed E-state index contributed by atoms with van der Waals surface area (Å²) in [6.07, 6.45) is 0. The van der Waals surface area contributed by atoms with Crippen LogP contribution in [0.2, 0.25) is 0 Å². The molecule has 0 saturated heterocycles. The van der Waals surface area contributed by atoms with E-state index in [-0.39, 0.29) is 0 Å². The van der Waals surface area contributed by atoms with Crippen LogP contribution in [-0.2, 0) is 0 Å². The smallest absolute Gasteiger partial charge is 0.0181 e. The monoisotopic (exact) mass is 664 g/mol. The Labute approximate surface area is 284 Å². The van der Waals surface area contributed by atoms with Gasteiger partial charge in [-0.15, -0.1) is 0 Å². The summed E-state index contributed by atoms with van der Waals surface area (Å²) in [7, 11) is 0. The van der Waals surface area contributed by atoms with E-state index in [9.17, 15) is 0 Å². The first-order valence-electron chi connectivity index (χ1n) is 16.4. The Bertz CT molecular complexity index is 2580. The number of rotatable bonds is 3. The topological polar surface area (TPSA) is 0 Å². The van der Waals surface area contributed by atoms with E-state index in [2.05, 4.69) is 171 Å². The Balaban J connectivity index is 1.46. The summed E-state index contributed by atoms with van der Waals surface area (Å²) < 4.78 is 1.09. The van der Waals surface area contributed by atoms with Crippen LogP contribution in [0.15, 0.2) is 132 Å². The van der Waals surface area contributed by atoms with Crippen LogP contribution in [0, 0.1) is 27.7 Å². The lowest BCUT2D eigenvalue weighted by molar-refractivity contribution is 1.38. The molecule has 0 amide bonds. The van der Waals surface area contributed by atoms with Gasteiger partial charge in [-0.2, -0.15) is 0 Å². The molecule has 8 aromatic carbocycles. The normalized spacial score (nSPS) is 11.9. The highest BCUT2D eigenvalue weighted by atomic mass is 79.9. The first kappa shape index (κ1) is 28.3. The van der Waals surface area contributed by atoms with Crippen molar-refractivity contribution in [2.75, 3.05) is 0 Å². The third kappa shape index (κ3) is 4.41. The van der Waals surface area contributed by atoms with E-state index in [1.54, 1.807) is 0 Å². The fourth-order valence-electron chi connectivity index (χ4n) is 8.27. The van der Waals surface area contributed by atoms with Crippen molar-refractivity contribution in [2.24, 2.45) is 0 Å². The van der Waals surface area contributed by atoms with Crippen molar-refractivity contribution in [1.82, 2.24) is 0 Å². The van der Waals surface area contributed by atoms with Crippen molar-refractivity contribution >= 4 is 48.2 Å². The first-order chi connectivity index (χ1) is 22.8. The molecular formula is C46H33Br. The summed E-state index contributed by atoms with van der Waals surface area (Å²) in [5.41, 5.74) is 18.1. The third-order valence-corrected chi connectivity index (χ3v) is 10.4. The molecule has 0 spiro atoms. The molecule has 47 heavy (non-hydrogen) atoms. The zero-order valence-corrected chi connectivity index (χ0v) is 28.6. The van der Waals surface area contributed by atoms with Crippen LogP contribution < -0.4 is 0 Å². The number of aryl methyl sites for hydroxylation is 4. The van der Waals surface area contributed by atoms with Crippen molar-refractivity contribution in [3.05, 3.63) is 154 Å². The lowest BCUT2D eigenvalue weighted by Gasteiger charge is -2.21. The average molecular weight is 666 g/mol. The summed E-state index contributed by atoms with van der Waals surface area (Å²) in [5, 5.41) is 7.74. The van der Waals surface area contributed by atoms with Gasteiger partial charge in [0.2, 0.25) is 0 Å². The zero-order chi connectivity index (χ0) is 32.0. The molecule has 0 atom stereocenters. The molecule has 0 unspecified atom stereocenters. The molecule has 0 heterocycles. The fourth-order valence-corrected chi connectivity index (χ4v) is 8.63. The molecule has 0 aromatic heterocycles. The Kier molecular flexibility index (Phi) is 6.33. The second-order valence-corrected chi connectivity index (χ2v) is 14.3. The predicted octanol–water partition coefficient (Wildman–Crippen LogP) is 13.8. The van der Waals surface area contributed by atoms with Crippen molar-refractivity contribution in [1.29, 1.82) is 0 Å². The van der Waals surface area contributed by atoms with Crippen LogP contribution in [-0.4, -0.2) is 0 Å². The quantitative estimate of drug-likeness (QED) is 0.176. The number of hydrogen-bond acceptors (Lipinski definition) is 0. The highest BCUT2D eigenvalue weighted by molar-refractivity contribution is 9.10. The number of benzene rings is 8. The van der Waals surface area contributed by atoms with Crippen LogP contribution >= 0.6 is 15.9 Å². The largest absolute Gasteiger partial charge is 0.0616 e. The maximum absolute atomic E-state index is 3.86. The van der Waals surface area contributed by atoms with E-state index in [1.165, 1.54) is 110 Å². The van der Waals surface area contributed by atoms with Crippen molar-refractivity contribution < 1.29 is 0 Å². The summed E-state index contributed by atoms with van der Waals surface area (Å²) in [6.45, 7) is 8.85. The van der Waals surface area contributed by atoms with Gasteiger partial charge < -0.3 is 0 Å². The first-order valence-corrected chi connectivity index (χ1v) is 17.2. The molecular weight excluding hydrogens is 632 g/mol. The van der Waals surface area contributed by atoms with E-state index in [1.807, 2.05) is 0 Å². The van der Waals surface area contributed by atoms with E-state index in [4.69, 9.17) is 0 Å². The molecule has 0 saturated carbocycles. The molecule has 0 aliphatic heterocycles. The third-order valence-electron chi connectivity index (χ3n) is 9.93. The SMILES string of the molecule is Cc1cc(C)cc(-c2c3c(c(-c4cc(C)cc(C)c4)c4cc(Br)ccc24)-c2ccc(-c4ccc5ccccc5c4)c4cccc-3c24)c1. The standard InChI is InChI=1S/C46H33Br/c1-26-18-27(2)21-33(20-26)42-38-15-14-35(47)25-41(38)43(34-22-28(3)19-29(4)23-34)46-40-17-16-36(37-10-7-11-39(44(37)40)45(42)46)32-13-12-30-8-5-6-9-31(30)24-32/h5-25H,1-4H3. The van der Waals surface area contributed by atoms with Gasteiger partial charge in [0.25, 0.3) is 0 Å². The number of halogens is 1. The molecule has 1 aliphatic rings. The van der Waals surface area contributed by atoms with Gasteiger partial charge in [-0.05, 0) is 134 Å². The van der Waals surface area contributed by atoms with E-state index in [0.717, 1.165) is 4.47 Å². The summed E-state index contributed by atoms with van der Waals surface area (Å²) in [4.78, 5) is 0. The van der Waals surface area contributed by atoms with E-state index in [0.29, 0.717) is 0 Å². The van der Waals surface area contributed by atoms with Gasteiger partial charge in [0.15, 0.2) is 0 Å². The Morgan fingerprint density at radius 3 is 1.64 bits per heavy atom. The minimum absolute atomic E-state index is 1.09. The Morgan fingerprint density at radius 2 is 0.957 bits per heavy atom. The van der Waals surface area contributed by atoms with Gasteiger partial charge in [-0.3, -0.25) is 0 Å². The molecule has 8 aromatic rings. The molecule has 0 N–H and O–H groups in total. The van der Waals surface area contributed by atoms with Crippen molar-refractivity contribution in [3.63, 3.8) is 0 Å². The molecule has 0 bridgehead atoms. The molecule has 1 heteroatoms. The molecule has 1 aliphatic carbocycles. The number of hydrogen-bond donors (Lipinski definition) is 0. The minimum atomic E-state index is 1.09. The van der Waals surface area contributed by atoms with Crippen LogP contribution in [0.3, 0.4) is 0 Å². The van der Waals surface area contributed by atoms with Gasteiger partial charge in [-0.25, -0.2) is 0 Å². The number of fused-ring (bicyclic) bond motifs is 5. The Hall–Kier alpha value is -4.98. The van der Waals surface area contributed by atoms with Crippen LogP contribution in [0.4, 0.5) is 0 Å². The summed E-state index contributed by atoms with van der Waals surface area (Å²) in [5.74, 6) is 0. The maximum atomic E-state index is 3.86. The predicted molar refractivity (Wildman–Crippen MR) is 206 cm³/mol. The Morgan fingerprint density at radius 1 is 0.362 bits per heavy atom. The highest BCUT2D eigenvalue weighted by Gasteiger charge is 2.31. The van der Waals surface area contributed by atoms with Crippen LogP contribution in [0.5, 0.6) is 0 Å². The lowest BCUT2D eigenvalue weighted by Crippen LogP contribution is -1.95. The van der Waals surface area contributed by atoms with Gasteiger partial charge in [-0.1, -0.05) is 147 Å². The van der Waals surface area contributed by atoms with Gasteiger partial charge >= 0.3 is 0 Å². The maximum Gasteiger partial charge on any atom is 0.0181 e. The average Bonchev–Trinajstić information content (AvgIpc) is 3.37. The van der Waals surface area contributed by atoms with Gasteiger partial charge in [0, 0.05) is 4.47 Å². The second-order valence-electron chi connectivity index (χ2n) is 13.4. The summed E-state index contributed by atoms with van der Waals surface area (Å²) >= 11 is 3.86. The molecule has 0 radical (unpaired) electrons. The summed E-state index contributed by atoms with van der Waals surface area (Å²) in [6, 6.07) is 48.1. The van der Waals surface area contributed by atoms with Crippen LogP contribution in [0.1, 0.15) is 22.3 Å². The fraction of sp³-hybridized carbons (Fsp3) is 0.0870. The molecule has 224 valence electrons.